The van der Waals surface area contributed by atoms with Crippen LogP contribution >= 0.6 is 11.3 Å². The Morgan fingerprint density at radius 1 is 1.50 bits per heavy atom. The summed E-state index contributed by atoms with van der Waals surface area (Å²) in [5.74, 6) is 0.719. The summed E-state index contributed by atoms with van der Waals surface area (Å²) < 4.78 is 1.26. The zero-order valence-corrected chi connectivity index (χ0v) is 10.1. The molecule has 1 aromatic carbocycles. The van der Waals surface area contributed by atoms with Gasteiger partial charge in [0, 0.05) is 12.3 Å². The molecule has 0 amide bonds. The second-order valence-electron chi connectivity index (χ2n) is 4.64. The van der Waals surface area contributed by atoms with Crippen molar-refractivity contribution in [1.29, 1.82) is 0 Å². The zero-order chi connectivity index (χ0) is 11.1. The number of thiazole rings is 1. The van der Waals surface area contributed by atoms with Gasteiger partial charge in [-0.1, -0.05) is 12.1 Å². The normalized spacial score (nSPS) is 17.9. The van der Waals surface area contributed by atoms with Crippen LogP contribution in [0.1, 0.15) is 36.3 Å². The second-order valence-corrected chi connectivity index (χ2v) is 5.71. The van der Waals surface area contributed by atoms with Crippen molar-refractivity contribution in [2.24, 2.45) is 0 Å². The van der Waals surface area contributed by atoms with Crippen molar-refractivity contribution in [3.63, 3.8) is 0 Å². The minimum Gasteiger partial charge on any atom is -0.393 e. The molecule has 0 spiro atoms. The van der Waals surface area contributed by atoms with E-state index in [9.17, 15) is 5.11 Å². The number of aliphatic hydroxyl groups is 1. The first-order valence-corrected chi connectivity index (χ1v) is 6.62. The van der Waals surface area contributed by atoms with E-state index < -0.39 is 0 Å². The zero-order valence-electron chi connectivity index (χ0n) is 9.31. The smallest absolute Gasteiger partial charge is 0.0969 e. The molecule has 1 aliphatic carbocycles. The van der Waals surface area contributed by atoms with Gasteiger partial charge in [0.05, 0.1) is 21.3 Å². The van der Waals surface area contributed by atoms with Gasteiger partial charge >= 0.3 is 0 Å². The van der Waals surface area contributed by atoms with E-state index in [4.69, 9.17) is 4.98 Å². The number of rotatable bonds is 3. The van der Waals surface area contributed by atoms with Crippen molar-refractivity contribution in [3.05, 3.63) is 28.8 Å². The summed E-state index contributed by atoms with van der Waals surface area (Å²) in [5, 5.41) is 10.8. The van der Waals surface area contributed by atoms with Crippen molar-refractivity contribution in [2.75, 3.05) is 0 Å². The number of hydrogen-bond donors (Lipinski definition) is 1. The maximum Gasteiger partial charge on any atom is 0.0969 e. The predicted octanol–water partition coefficient (Wildman–Crippen LogP) is 3.10. The Morgan fingerprint density at radius 2 is 2.31 bits per heavy atom. The number of aromatic nitrogens is 1. The Hall–Kier alpha value is -0.930. The first kappa shape index (κ1) is 10.2. The van der Waals surface area contributed by atoms with Crippen LogP contribution in [0.15, 0.2) is 18.2 Å². The highest BCUT2D eigenvalue weighted by molar-refractivity contribution is 7.18. The molecule has 1 unspecified atom stereocenters. The van der Waals surface area contributed by atoms with E-state index in [0.717, 1.165) is 11.4 Å². The Bertz CT molecular complexity index is 514. The minimum atomic E-state index is -0.295. The van der Waals surface area contributed by atoms with Crippen molar-refractivity contribution < 1.29 is 5.11 Å². The third-order valence-electron chi connectivity index (χ3n) is 2.96. The minimum absolute atomic E-state index is 0.295. The average molecular weight is 233 g/mol. The van der Waals surface area contributed by atoms with Crippen LogP contribution in [-0.4, -0.2) is 16.2 Å². The van der Waals surface area contributed by atoms with Gasteiger partial charge in [0.2, 0.25) is 0 Å². The van der Waals surface area contributed by atoms with Crippen molar-refractivity contribution in [3.8, 4) is 0 Å². The third-order valence-corrected chi connectivity index (χ3v) is 4.14. The molecule has 1 saturated carbocycles. The molecule has 2 aromatic rings. The largest absolute Gasteiger partial charge is 0.393 e. The molecular formula is C13H15NOS. The van der Waals surface area contributed by atoms with E-state index in [2.05, 4.69) is 18.2 Å². The summed E-state index contributed by atoms with van der Waals surface area (Å²) in [6.45, 7) is 1.83. The molecule has 2 nitrogen and oxygen atoms in total. The predicted molar refractivity (Wildman–Crippen MR) is 67.0 cm³/mol. The lowest BCUT2D eigenvalue weighted by Gasteiger charge is -2.04. The van der Waals surface area contributed by atoms with Crippen LogP contribution in [0.25, 0.3) is 10.2 Å². The molecule has 16 heavy (non-hydrogen) atoms. The van der Waals surface area contributed by atoms with Gasteiger partial charge in [-0.3, -0.25) is 0 Å². The van der Waals surface area contributed by atoms with Gasteiger partial charge < -0.3 is 5.11 Å². The first-order valence-electron chi connectivity index (χ1n) is 5.80. The maximum atomic E-state index is 9.47. The SMILES string of the molecule is CC(O)Cc1cccc2sc(C3CC3)nc12. The molecule has 3 rings (SSSR count). The van der Waals surface area contributed by atoms with E-state index in [1.165, 1.54) is 28.1 Å². The Labute approximate surface area is 99.0 Å². The molecule has 1 atom stereocenters. The monoisotopic (exact) mass is 233 g/mol. The molecule has 0 radical (unpaired) electrons. The Morgan fingerprint density at radius 3 is 3.00 bits per heavy atom. The maximum absolute atomic E-state index is 9.47. The topological polar surface area (TPSA) is 33.1 Å². The van der Waals surface area contributed by atoms with E-state index >= 15 is 0 Å². The van der Waals surface area contributed by atoms with Gasteiger partial charge in [-0.25, -0.2) is 4.98 Å². The van der Waals surface area contributed by atoms with Crippen molar-refractivity contribution >= 4 is 21.6 Å². The van der Waals surface area contributed by atoms with Crippen LogP contribution in [0.3, 0.4) is 0 Å². The molecule has 0 aliphatic heterocycles. The summed E-state index contributed by atoms with van der Waals surface area (Å²) in [4.78, 5) is 4.74. The number of para-hydroxylation sites is 1. The number of aliphatic hydroxyl groups excluding tert-OH is 1. The van der Waals surface area contributed by atoms with Gasteiger partial charge in [-0.2, -0.15) is 0 Å². The standard InChI is InChI=1S/C13H15NOS/c1-8(15)7-10-3-2-4-11-12(10)14-13(16-11)9-5-6-9/h2-4,8-9,15H,5-7H2,1H3. The first-order chi connectivity index (χ1) is 7.74. The Kier molecular flexibility index (Phi) is 2.45. The van der Waals surface area contributed by atoms with Crippen LogP contribution < -0.4 is 0 Å². The number of hydrogen-bond acceptors (Lipinski definition) is 3. The fourth-order valence-electron chi connectivity index (χ4n) is 2.01. The molecule has 84 valence electrons. The van der Waals surface area contributed by atoms with Gasteiger partial charge in [0.25, 0.3) is 0 Å². The van der Waals surface area contributed by atoms with E-state index in [1.807, 2.05) is 18.3 Å². The molecule has 1 heterocycles. The summed E-state index contributed by atoms with van der Waals surface area (Å²) >= 11 is 1.82. The van der Waals surface area contributed by atoms with E-state index in [0.29, 0.717) is 6.42 Å². The molecule has 1 fully saturated rings. The van der Waals surface area contributed by atoms with Gasteiger partial charge in [-0.15, -0.1) is 11.3 Å². The van der Waals surface area contributed by atoms with Crippen LogP contribution in [0, 0.1) is 0 Å². The summed E-state index contributed by atoms with van der Waals surface area (Å²) in [6, 6.07) is 6.27. The van der Waals surface area contributed by atoms with Crippen molar-refractivity contribution in [1.82, 2.24) is 4.98 Å². The molecule has 1 aromatic heterocycles. The Balaban J connectivity index is 2.06. The number of fused-ring (bicyclic) bond motifs is 1. The van der Waals surface area contributed by atoms with Crippen LogP contribution in [0.2, 0.25) is 0 Å². The fourth-order valence-corrected chi connectivity index (χ4v) is 3.20. The third kappa shape index (κ3) is 1.85. The quantitative estimate of drug-likeness (QED) is 0.883. The molecule has 1 aliphatic rings. The lowest BCUT2D eigenvalue weighted by Crippen LogP contribution is -2.04. The van der Waals surface area contributed by atoms with Gasteiger partial charge in [-0.05, 0) is 31.4 Å². The summed E-state index contributed by atoms with van der Waals surface area (Å²) in [7, 11) is 0. The van der Waals surface area contributed by atoms with Crippen LogP contribution in [0.5, 0.6) is 0 Å². The summed E-state index contributed by atoms with van der Waals surface area (Å²) in [5.41, 5.74) is 2.28. The molecule has 0 saturated heterocycles. The highest BCUT2D eigenvalue weighted by Gasteiger charge is 2.27. The fraction of sp³-hybridized carbons (Fsp3) is 0.462. The van der Waals surface area contributed by atoms with Crippen LogP contribution in [0.4, 0.5) is 0 Å². The van der Waals surface area contributed by atoms with Crippen LogP contribution in [-0.2, 0) is 6.42 Å². The molecule has 3 heteroatoms. The number of nitrogens with zero attached hydrogens (tertiary/aromatic N) is 1. The second kappa shape index (κ2) is 3.82. The average Bonchev–Trinajstić information content (AvgIpc) is 2.98. The summed E-state index contributed by atoms with van der Waals surface area (Å²) in [6.07, 6.45) is 3.00. The highest BCUT2D eigenvalue weighted by atomic mass is 32.1. The van der Waals surface area contributed by atoms with E-state index in [-0.39, 0.29) is 6.10 Å². The molecular weight excluding hydrogens is 218 g/mol. The van der Waals surface area contributed by atoms with Crippen molar-refractivity contribution in [2.45, 2.75) is 38.2 Å². The molecule has 1 N–H and O–H groups in total. The lowest BCUT2D eigenvalue weighted by atomic mass is 10.1. The molecule has 0 bridgehead atoms. The highest BCUT2D eigenvalue weighted by Crippen LogP contribution is 2.43. The van der Waals surface area contributed by atoms with Gasteiger partial charge in [0.15, 0.2) is 0 Å². The lowest BCUT2D eigenvalue weighted by molar-refractivity contribution is 0.196. The number of benzene rings is 1. The van der Waals surface area contributed by atoms with Gasteiger partial charge in [0.1, 0.15) is 0 Å². The van der Waals surface area contributed by atoms with E-state index in [1.54, 1.807) is 0 Å².